The number of hydrogen-bond donors (Lipinski definition) is 1. The average Bonchev–Trinajstić information content (AvgIpc) is 3.15. The standard InChI is InChI=1S/C17H22N4O3S2/c22-17(14-15-4-3-12-25-15)19-7-13-26(23,24)21-10-8-20(9-11-21)16-5-1-2-6-18-16/h1-6,12H,7-11,13-14H2,(H,19,22). The van der Waals surface area contributed by atoms with Crippen molar-refractivity contribution < 1.29 is 13.2 Å². The van der Waals surface area contributed by atoms with Gasteiger partial charge in [0.05, 0.1) is 12.2 Å². The first kappa shape index (κ1) is 18.8. The minimum Gasteiger partial charge on any atom is -0.355 e. The van der Waals surface area contributed by atoms with Gasteiger partial charge < -0.3 is 10.2 Å². The first-order valence-electron chi connectivity index (χ1n) is 8.47. The zero-order chi connectivity index (χ0) is 18.4. The summed E-state index contributed by atoms with van der Waals surface area (Å²) in [7, 11) is -3.37. The number of nitrogens with one attached hydrogen (secondary N) is 1. The van der Waals surface area contributed by atoms with Crippen molar-refractivity contribution in [2.24, 2.45) is 0 Å². The summed E-state index contributed by atoms with van der Waals surface area (Å²) in [6, 6.07) is 9.49. The number of carbonyl (C=O) groups is 1. The molecule has 0 radical (unpaired) electrons. The lowest BCUT2D eigenvalue weighted by Gasteiger charge is -2.34. The van der Waals surface area contributed by atoms with Crippen molar-refractivity contribution in [3.05, 3.63) is 46.8 Å². The highest BCUT2D eigenvalue weighted by molar-refractivity contribution is 7.89. The molecule has 1 N–H and O–H groups in total. The zero-order valence-electron chi connectivity index (χ0n) is 14.4. The van der Waals surface area contributed by atoms with Crippen molar-refractivity contribution in [3.8, 4) is 0 Å². The van der Waals surface area contributed by atoms with Crippen molar-refractivity contribution in [2.75, 3.05) is 43.4 Å². The molecule has 0 atom stereocenters. The second kappa shape index (κ2) is 8.61. The SMILES string of the molecule is O=C(Cc1cccs1)NCCS(=O)(=O)N1CCN(c2ccccn2)CC1. The molecule has 0 bridgehead atoms. The van der Waals surface area contributed by atoms with E-state index in [4.69, 9.17) is 0 Å². The largest absolute Gasteiger partial charge is 0.355 e. The van der Waals surface area contributed by atoms with E-state index in [9.17, 15) is 13.2 Å². The molecule has 0 aromatic carbocycles. The van der Waals surface area contributed by atoms with Crippen molar-refractivity contribution in [1.29, 1.82) is 0 Å². The van der Waals surface area contributed by atoms with E-state index in [1.165, 1.54) is 15.6 Å². The van der Waals surface area contributed by atoms with E-state index < -0.39 is 10.0 Å². The number of carbonyl (C=O) groups excluding carboxylic acids is 1. The van der Waals surface area contributed by atoms with Gasteiger partial charge in [0.2, 0.25) is 15.9 Å². The maximum absolute atomic E-state index is 12.5. The number of sulfonamides is 1. The quantitative estimate of drug-likeness (QED) is 0.756. The number of nitrogens with zero attached hydrogens (tertiary/aromatic N) is 3. The maximum Gasteiger partial charge on any atom is 0.225 e. The minimum atomic E-state index is -3.37. The van der Waals surface area contributed by atoms with Gasteiger partial charge in [0, 0.05) is 43.8 Å². The summed E-state index contributed by atoms with van der Waals surface area (Å²) < 4.78 is 26.4. The van der Waals surface area contributed by atoms with Crippen LogP contribution in [0.5, 0.6) is 0 Å². The van der Waals surface area contributed by atoms with E-state index in [2.05, 4.69) is 15.2 Å². The molecule has 3 heterocycles. The third-order valence-corrected chi connectivity index (χ3v) is 6.95. The van der Waals surface area contributed by atoms with Gasteiger partial charge in [-0.05, 0) is 23.6 Å². The van der Waals surface area contributed by atoms with E-state index in [-0.39, 0.29) is 18.2 Å². The number of amides is 1. The van der Waals surface area contributed by atoms with Crippen LogP contribution in [-0.4, -0.2) is 62.1 Å². The highest BCUT2D eigenvalue weighted by atomic mass is 32.2. The third-order valence-electron chi connectivity index (χ3n) is 4.20. The van der Waals surface area contributed by atoms with Crippen LogP contribution in [0.15, 0.2) is 41.9 Å². The highest BCUT2D eigenvalue weighted by Crippen LogP contribution is 2.14. The molecule has 0 spiro atoms. The molecule has 1 aliphatic heterocycles. The molecule has 9 heteroatoms. The lowest BCUT2D eigenvalue weighted by molar-refractivity contribution is -0.120. The Morgan fingerprint density at radius 3 is 2.62 bits per heavy atom. The normalized spacial score (nSPS) is 15.8. The first-order valence-corrected chi connectivity index (χ1v) is 11.0. The van der Waals surface area contributed by atoms with E-state index in [0.29, 0.717) is 32.6 Å². The van der Waals surface area contributed by atoms with Crippen LogP contribution in [0.2, 0.25) is 0 Å². The summed E-state index contributed by atoms with van der Waals surface area (Å²) in [5.41, 5.74) is 0. The fourth-order valence-electron chi connectivity index (χ4n) is 2.82. The molecule has 0 saturated carbocycles. The predicted octanol–water partition coefficient (Wildman–Crippen LogP) is 0.954. The van der Waals surface area contributed by atoms with Crippen LogP contribution in [0.4, 0.5) is 5.82 Å². The average molecular weight is 395 g/mol. The van der Waals surface area contributed by atoms with Crippen LogP contribution in [0.1, 0.15) is 4.88 Å². The number of anilines is 1. The summed E-state index contributed by atoms with van der Waals surface area (Å²) in [6.45, 7) is 2.22. The number of hydrogen-bond acceptors (Lipinski definition) is 6. The van der Waals surface area contributed by atoms with Crippen molar-refractivity contribution in [2.45, 2.75) is 6.42 Å². The predicted molar refractivity (Wildman–Crippen MR) is 103 cm³/mol. The Bertz CT molecular complexity index is 802. The van der Waals surface area contributed by atoms with E-state index in [0.717, 1.165) is 10.7 Å². The summed E-state index contributed by atoms with van der Waals surface area (Å²) in [5.74, 6) is 0.639. The fourth-order valence-corrected chi connectivity index (χ4v) is 4.86. The van der Waals surface area contributed by atoms with Crippen LogP contribution in [0, 0.1) is 0 Å². The minimum absolute atomic E-state index is 0.0766. The van der Waals surface area contributed by atoms with Gasteiger partial charge in [0.15, 0.2) is 0 Å². The number of aromatic nitrogens is 1. The van der Waals surface area contributed by atoms with Crippen molar-refractivity contribution in [1.82, 2.24) is 14.6 Å². The van der Waals surface area contributed by atoms with Gasteiger partial charge >= 0.3 is 0 Å². The molecule has 1 fully saturated rings. The molecule has 1 saturated heterocycles. The Morgan fingerprint density at radius 2 is 1.96 bits per heavy atom. The van der Waals surface area contributed by atoms with Crippen LogP contribution in [0.25, 0.3) is 0 Å². The van der Waals surface area contributed by atoms with Crippen LogP contribution >= 0.6 is 11.3 Å². The Morgan fingerprint density at radius 1 is 1.15 bits per heavy atom. The molecule has 140 valence electrons. The topological polar surface area (TPSA) is 82.6 Å². The van der Waals surface area contributed by atoms with Crippen LogP contribution in [0.3, 0.4) is 0 Å². The summed E-state index contributed by atoms with van der Waals surface area (Å²) in [4.78, 5) is 19.2. The van der Waals surface area contributed by atoms with Crippen molar-refractivity contribution in [3.63, 3.8) is 0 Å². The lowest BCUT2D eigenvalue weighted by atomic mass is 10.3. The lowest BCUT2D eigenvalue weighted by Crippen LogP contribution is -2.50. The second-order valence-electron chi connectivity index (χ2n) is 6.00. The second-order valence-corrected chi connectivity index (χ2v) is 9.12. The molecule has 1 aliphatic rings. The first-order chi connectivity index (χ1) is 12.5. The van der Waals surface area contributed by atoms with Gasteiger partial charge in [-0.3, -0.25) is 4.79 Å². The highest BCUT2D eigenvalue weighted by Gasteiger charge is 2.27. The van der Waals surface area contributed by atoms with Gasteiger partial charge in [-0.25, -0.2) is 13.4 Å². The summed E-state index contributed by atoms with van der Waals surface area (Å²) >= 11 is 1.51. The Balaban J connectivity index is 1.43. The third kappa shape index (κ3) is 5.03. The summed E-state index contributed by atoms with van der Waals surface area (Å²) in [6.07, 6.45) is 2.03. The summed E-state index contributed by atoms with van der Waals surface area (Å²) in [5, 5.41) is 4.61. The molecular weight excluding hydrogens is 372 g/mol. The molecule has 0 aliphatic carbocycles. The number of rotatable bonds is 7. The molecule has 26 heavy (non-hydrogen) atoms. The monoisotopic (exact) mass is 394 g/mol. The molecule has 7 nitrogen and oxygen atoms in total. The molecule has 2 aromatic heterocycles. The molecule has 3 rings (SSSR count). The van der Waals surface area contributed by atoms with E-state index in [1.54, 1.807) is 6.20 Å². The van der Waals surface area contributed by atoms with E-state index >= 15 is 0 Å². The number of piperazine rings is 1. The molecule has 0 unspecified atom stereocenters. The number of thiophene rings is 1. The van der Waals surface area contributed by atoms with Gasteiger partial charge in [-0.1, -0.05) is 12.1 Å². The van der Waals surface area contributed by atoms with Crippen LogP contribution in [-0.2, 0) is 21.2 Å². The fraction of sp³-hybridized carbons (Fsp3) is 0.412. The van der Waals surface area contributed by atoms with Crippen molar-refractivity contribution >= 4 is 33.1 Å². The van der Waals surface area contributed by atoms with Gasteiger partial charge in [-0.2, -0.15) is 4.31 Å². The molecule has 2 aromatic rings. The smallest absolute Gasteiger partial charge is 0.225 e. The van der Waals surface area contributed by atoms with E-state index in [1.807, 2.05) is 35.7 Å². The molecule has 1 amide bonds. The Hall–Kier alpha value is -1.97. The Labute approximate surface area is 157 Å². The number of pyridine rings is 1. The Kier molecular flexibility index (Phi) is 6.23. The maximum atomic E-state index is 12.5. The molecular formula is C17H22N4O3S2. The van der Waals surface area contributed by atoms with Crippen LogP contribution < -0.4 is 10.2 Å². The zero-order valence-corrected chi connectivity index (χ0v) is 16.0. The van der Waals surface area contributed by atoms with Gasteiger partial charge in [0.1, 0.15) is 5.82 Å². The van der Waals surface area contributed by atoms with Gasteiger partial charge in [0.25, 0.3) is 0 Å². The van der Waals surface area contributed by atoms with Gasteiger partial charge in [-0.15, -0.1) is 11.3 Å².